The number of hydrogen-bond donors (Lipinski definition) is 0. The summed E-state index contributed by atoms with van der Waals surface area (Å²) in [6.07, 6.45) is 2.39. The standard InChI is InChI=1S/C52H43N3/c1-51(2)27-28-52(3,4)46-32-44-43(31-45(46)51)41-19-10-11-20-42(41)47(44)39-17-12-18-40(30-39)50-54-48(35-14-6-5-7-15-35)53-49(55-50)36-24-21-34(22-25-36)38-26-23-33-13-8-9-16-37(33)29-38/h5-26,29-32,47H,27-28H2,1-4H3. The molecule has 0 fully saturated rings. The molecule has 0 N–H and O–H groups in total. The predicted molar refractivity (Wildman–Crippen MR) is 227 cm³/mol. The number of fused-ring (bicyclic) bond motifs is 5. The first-order chi connectivity index (χ1) is 26.7. The molecule has 1 atom stereocenters. The van der Waals surface area contributed by atoms with Crippen molar-refractivity contribution in [2.24, 2.45) is 0 Å². The van der Waals surface area contributed by atoms with Crippen molar-refractivity contribution in [2.75, 3.05) is 0 Å². The van der Waals surface area contributed by atoms with Gasteiger partial charge in [-0.05, 0) is 103 Å². The molecule has 3 heteroatoms. The minimum absolute atomic E-state index is 0.120. The Kier molecular flexibility index (Phi) is 7.71. The van der Waals surface area contributed by atoms with Crippen LogP contribution in [0.25, 0.3) is 67.2 Å². The van der Waals surface area contributed by atoms with Crippen LogP contribution in [0.5, 0.6) is 0 Å². The Balaban J connectivity index is 1.08. The summed E-state index contributed by atoms with van der Waals surface area (Å²) in [5.74, 6) is 2.11. The van der Waals surface area contributed by atoms with Crippen molar-refractivity contribution in [2.45, 2.75) is 57.3 Å². The van der Waals surface area contributed by atoms with Crippen molar-refractivity contribution in [3.8, 4) is 56.4 Å². The molecule has 55 heavy (non-hydrogen) atoms. The van der Waals surface area contributed by atoms with E-state index in [0.29, 0.717) is 17.5 Å². The molecule has 266 valence electrons. The lowest BCUT2D eigenvalue weighted by Crippen LogP contribution is -2.34. The van der Waals surface area contributed by atoms with E-state index < -0.39 is 0 Å². The molecule has 0 aliphatic heterocycles. The highest BCUT2D eigenvalue weighted by atomic mass is 15.0. The molecule has 0 spiro atoms. The maximum absolute atomic E-state index is 5.17. The fourth-order valence-corrected chi connectivity index (χ4v) is 9.01. The van der Waals surface area contributed by atoms with Crippen LogP contribution in [0.2, 0.25) is 0 Å². The van der Waals surface area contributed by atoms with Crippen LogP contribution >= 0.6 is 0 Å². The Morgan fingerprint density at radius 2 is 0.964 bits per heavy atom. The number of nitrogens with zero attached hydrogens (tertiary/aromatic N) is 3. The second-order valence-electron chi connectivity index (χ2n) is 16.7. The molecule has 1 unspecified atom stereocenters. The Morgan fingerprint density at radius 3 is 1.71 bits per heavy atom. The van der Waals surface area contributed by atoms with E-state index >= 15 is 0 Å². The van der Waals surface area contributed by atoms with E-state index in [4.69, 9.17) is 15.0 Å². The highest BCUT2D eigenvalue weighted by molar-refractivity contribution is 5.88. The Hall–Kier alpha value is -6.19. The first-order valence-electron chi connectivity index (χ1n) is 19.5. The third-order valence-corrected chi connectivity index (χ3v) is 12.3. The summed E-state index contributed by atoms with van der Waals surface area (Å²) in [4.78, 5) is 15.3. The van der Waals surface area contributed by atoms with Crippen LogP contribution in [-0.4, -0.2) is 15.0 Å². The summed E-state index contributed by atoms with van der Waals surface area (Å²) in [6.45, 7) is 9.68. The van der Waals surface area contributed by atoms with Crippen molar-refractivity contribution >= 4 is 10.8 Å². The average molecular weight is 710 g/mol. The zero-order valence-electron chi connectivity index (χ0n) is 31.8. The predicted octanol–water partition coefficient (Wildman–Crippen LogP) is 13.2. The van der Waals surface area contributed by atoms with E-state index in [0.717, 1.165) is 22.3 Å². The van der Waals surface area contributed by atoms with E-state index in [1.807, 2.05) is 18.2 Å². The molecule has 0 bridgehead atoms. The summed E-state index contributed by atoms with van der Waals surface area (Å²) in [6, 6.07) is 56.9. The Bertz CT molecular complexity index is 2760. The quantitative estimate of drug-likeness (QED) is 0.179. The van der Waals surface area contributed by atoms with Gasteiger partial charge >= 0.3 is 0 Å². The van der Waals surface area contributed by atoms with Crippen molar-refractivity contribution in [1.29, 1.82) is 0 Å². The molecule has 1 aromatic heterocycles. The zero-order valence-corrected chi connectivity index (χ0v) is 31.8. The molecule has 0 radical (unpaired) electrons. The SMILES string of the molecule is CC1(C)CCC(C)(C)c2cc3c(cc21)-c1ccccc1C3c1cccc(-c2nc(-c3ccccc3)nc(-c3ccc(-c4ccc5ccccc5c4)cc3)n2)c1. The zero-order chi connectivity index (χ0) is 37.3. The molecule has 2 aliphatic rings. The molecular weight excluding hydrogens is 667 g/mol. The third kappa shape index (κ3) is 5.77. The minimum atomic E-state index is 0.120. The molecule has 10 rings (SSSR count). The number of rotatable bonds is 5. The normalized spacial score (nSPS) is 16.3. The second kappa shape index (κ2) is 12.7. The number of benzene rings is 7. The third-order valence-electron chi connectivity index (χ3n) is 12.3. The van der Waals surface area contributed by atoms with Gasteiger partial charge in [0.25, 0.3) is 0 Å². The van der Waals surface area contributed by atoms with Gasteiger partial charge in [0.05, 0.1) is 0 Å². The average Bonchev–Trinajstić information content (AvgIpc) is 3.56. The van der Waals surface area contributed by atoms with Gasteiger partial charge in [-0.1, -0.05) is 167 Å². The van der Waals surface area contributed by atoms with Gasteiger partial charge in [-0.25, -0.2) is 15.0 Å². The van der Waals surface area contributed by atoms with Crippen LogP contribution in [0.4, 0.5) is 0 Å². The Labute approximate surface area is 323 Å². The minimum Gasteiger partial charge on any atom is -0.208 e. The fourth-order valence-electron chi connectivity index (χ4n) is 9.01. The van der Waals surface area contributed by atoms with E-state index in [1.54, 1.807) is 0 Å². The molecule has 8 aromatic rings. The van der Waals surface area contributed by atoms with E-state index in [9.17, 15) is 0 Å². The van der Waals surface area contributed by atoms with Gasteiger partial charge < -0.3 is 0 Å². The molecule has 7 aromatic carbocycles. The van der Waals surface area contributed by atoms with Crippen LogP contribution in [-0.2, 0) is 10.8 Å². The summed E-state index contributed by atoms with van der Waals surface area (Å²) in [5.41, 5.74) is 15.2. The van der Waals surface area contributed by atoms with Gasteiger partial charge in [-0.3, -0.25) is 0 Å². The first-order valence-corrected chi connectivity index (χ1v) is 19.5. The van der Waals surface area contributed by atoms with Crippen molar-refractivity contribution in [3.63, 3.8) is 0 Å². The van der Waals surface area contributed by atoms with Crippen LogP contribution in [0.15, 0.2) is 158 Å². The monoisotopic (exact) mass is 709 g/mol. The maximum Gasteiger partial charge on any atom is 0.164 e. The largest absolute Gasteiger partial charge is 0.208 e. The molecule has 2 aliphatic carbocycles. The molecule has 0 saturated heterocycles. The van der Waals surface area contributed by atoms with Crippen LogP contribution in [0, 0.1) is 0 Å². The maximum atomic E-state index is 5.17. The van der Waals surface area contributed by atoms with Gasteiger partial charge in [0.2, 0.25) is 0 Å². The van der Waals surface area contributed by atoms with Crippen LogP contribution in [0.1, 0.15) is 74.3 Å². The highest BCUT2D eigenvalue weighted by Gasteiger charge is 2.40. The summed E-state index contributed by atoms with van der Waals surface area (Å²) in [7, 11) is 0. The van der Waals surface area contributed by atoms with Crippen LogP contribution < -0.4 is 0 Å². The lowest BCUT2D eigenvalue weighted by atomic mass is 9.62. The smallest absolute Gasteiger partial charge is 0.164 e. The van der Waals surface area contributed by atoms with Gasteiger partial charge in [-0.2, -0.15) is 0 Å². The molecule has 0 saturated carbocycles. The fraction of sp³-hybridized carbons (Fsp3) is 0.173. The van der Waals surface area contributed by atoms with Gasteiger partial charge in [0, 0.05) is 22.6 Å². The van der Waals surface area contributed by atoms with Crippen molar-refractivity contribution < 1.29 is 0 Å². The van der Waals surface area contributed by atoms with Crippen molar-refractivity contribution in [1.82, 2.24) is 15.0 Å². The lowest BCUT2D eigenvalue weighted by molar-refractivity contribution is 0.332. The van der Waals surface area contributed by atoms with Crippen LogP contribution in [0.3, 0.4) is 0 Å². The van der Waals surface area contributed by atoms with Crippen molar-refractivity contribution in [3.05, 3.63) is 186 Å². The lowest BCUT2D eigenvalue weighted by Gasteiger charge is -2.42. The topological polar surface area (TPSA) is 38.7 Å². The summed E-state index contributed by atoms with van der Waals surface area (Å²) < 4.78 is 0. The molecule has 3 nitrogen and oxygen atoms in total. The van der Waals surface area contributed by atoms with Gasteiger partial charge in [0.15, 0.2) is 17.5 Å². The number of hydrogen-bond acceptors (Lipinski definition) is 3. The van der Waals surface area contributed by atoms with E-state index in [1.165, 1.54) is 68.1 Å². The Morgan fingerprint density at radius 1 is 0.400 bits per heavy atom. The van der Waals surface area contributed by atoms with Gasteiger partial charge in [0.1, 0.15) is 0 Å². The second-order valence-corrected chi connectivity index (χ2v) is 16.7. The highest BCUT2D eigenvalue weighted by Crippen LogP contribution is 2.54. The molecular formula is C52H43N3. The van der Waals surface area contributed by atoms with E-state index in [2.05, 4.69) is 167 Å². The number of aromatic nitrogens is 3. The first kappa shape index (κ1) is 33.4. The molecule has 0 amide bonds. The summed E-state index contributed by atoms with van der Waals surface area (Å²) >= 11 is 0. The van der Waals surface area contributed by atoms with E-state index in [-0.39, 0.29) is 16.7 Å². The van der Waals surface area contributed by atoms with Gasteiger partial charge in [-0.15, -0.1) is 0 Å². The molecule has 1 heterocycles. The summed E-state index contributed by atoms with van der Waals surface area (Å²) in [5, 5.41) is 2.48.